The van der Waals surface area contributed by atoms with Crippen LogP contribution >= 0.6 is 0 Å². The van der Waals surface area contributed by atoms with Crippen molar-refractivity contribution >= 4 is 11.0 Å². The fourth-order valence-corrected chi connectivity index (χ4v) is 2.79. The van der Waals surface area contributed by atoms with Gasteiger partial charge in [0.2, 0.25) is 0 Å². The monoisotopic (exact) mass is 293 g/mol. The number of rotatable bonds is 5. The van der Waals surface area contributed by atoms with Crippen LogP contribution in [0.4, 0.5) is 0 Å². The van der Waals surface area contributed by atoms with E-state index in [1.54, 1.807) is 0 Å². The molecule has 2 N–H and O–H groups in total. The quantitative estimate of drug-likeness (QED) is 0.781. The van der Waals surface area contributed by atoms with Crippen molar-refractivity contribution in [3.63, 3.8) is 0 Å². The summed E-state index contributed by atoms with van der Waals surface area (Å²) in [6, 6.07) is 15.2. The Morgan fingerprint density at radius 2 is 1.73 bits per heavy atom. The number of hydrogen-bond donors (Lipinski definition) is 1. The second kappa shape index (κ2) is 6.32. The van der Waals surface area contributed by atoms with Crippen LogP contribution < -0.4 is 5.73 Å². The second-order valence-corrected chi connectivity index (χ2v) is 5.98. The lowest BCUT2D eigenvalue weighted by molar-refractivity contribution is 0.703. The minimum atomic E-state index is 0.701. The molecule has 0 fully saturated rings. The van der Waals surface area contributed by atoms with E-state index in [1.807, 2.05) is 0 Å². The van der Waals surface area contributed by atoms with Crippen molar-refractivity contribution in [3.8, 4) is 0 Å². The summed E-state index contributed by atoms with van der Waals surface area (Å²) in [7, 11) is 0. The molecule has 0 aliphatic carbocycles. The van der Waals surface area contributed by atoms with E-state index in [1.165, 1.54) is 22.2 Å². The smallest absolute Gasteiger partial charge is 0.110 e. The Bertz CT molecular complexity index is 769. The van der Waals surface area contributed by atoms with Crippen molar-refractivity contribution in [1.29, 1.82) is 0 Å². The van der Waals surface area contributed by atoms with Gasteiger partial charge in [0.1, 0.15) is 5.82 Å². The van der Waals surface area contributed by atoms with E-state index in [4.69, 9.17) is 10.7 Å². The van der Waals surface area contributed by atoms with Gasteiger partial charge >= 0.3 is 0 Å². The average molecular weight is 293 g/mol. The summed E-state index contributed by atoms with van der Waals surface area (Å²) in [5, 5.41) is 0. The molecule has 1 heterocycles. The van der Waals surface area contributed by atoms with Crippen molar-refractivity contribution < 1.29 is 0 Å². The largest absolute Gasteiger partial charge is 0.330 e. The van der Waals surface area contributed by atoms with Crippen molar-refractivity contribution in [1.82, 2.24) is 9.55 Å². The fourth-order valence-electron chi connectivity index (χ4n) is 2.79. The normalized spacial score (nSPS) is 11.2. The first-order valence-corrected chi connectivity index (χ1v) is 7.89. The zero-order valence-corrected chi connectivity index (χ0v) is 13.3. The molecule has 0 radical (unpaired) electrons. The number of benzene rings is 2. The molecule has 3 rings (SSSR count). The van der Waals surface area contributed by atoms with Gasteiger partial charge in [0, 0.05) is 13.0 Å². The van der Waals surface area contributed by atoms with Gasteiger partial charge in [0.15, 0.2) is 0 Å². The topological polar surface area (TPSA) is 43.8 Å². The first-order valence-electron chi connectivity index (χ1n) is 7.89. The lowest BCUT2D eigenvalue weighted by Crippen LogP contribution is -2.08. The molecular formula is C19H23N3. The summed E-state index contributed by atoms with van der Waals surface area (Å²) < 4.78 is 2.33. The standard InChI is InChI=1S/C19H23N3/c1-14-5-8-16(9-6-14)13-22-18-10-7-15(2)12-17(18)21-19(22)4-3-11-20/h5-10,12H,3-4,11,13,20H2,1-2H3. The molecule has 114 valence electrons. The molecule has 0 saturated heterocycles. The molecule has 1 aromatic heterocycles. The highest BCUT2D eigenvalue weighted by molar-refractivity contribution is 5.77. The lowest BCUT2D eigenvalue weighted by atomic mass is 10.1. The molecule has 0 bridgehead atoms. The molecule has 3 heteroatoms. The molecule has 3 aromatic rings. The predicted octanol–water partition coefficient (Wildman–Crippen LogP) is 3.59. The van der Waals surface area contributed by atoms with Gasteiger partial charge < -0.3 is 10.3 Å². The third-order valence-electron chi connectivity index (χ3n) is 4.05. The number of nitrogens with two attached hydrogens (primary N) is 1. The van der Waals surface area contributed by atoms with Gasteiger partial charge in [-0.3, -0.25) is 0 Å². The summed E-state index contributed by atoms with van der Waals surface area (Å²) >= 11 is 0. The molecule has 3 nitrogen and oxygen atoms in total. The third kappa shape index (κ3) is 3.04. The average Bonchev–Trinajstić information content (AvgIpc) is 2.84. The van der Waals surface area contributed by atoms with E-state index in [2.05, 4.69) is 60.9 Å². The SMILES string of the molecule is Cc1ccc(Cn2c(CCCN)nc3cc(C)ccc32)cc1. The van der Waals surface area contributed by atoms with Gasteiger partial charge in [-0.25, -0.2) is 4.98 Å². The summed E-state index contributed by atoms with van der Waals surface area (Å²) in [5.74, 6) is 1.13. The van der Waals surface area contributed by atoms with E-state index in [9.17, 15) is 0 Å². The Hall–Kier alpha value is -2.13. The van der Waals surface area contributed by atoms with Gasteiger partial charge in [0.05, 0.1) is 11.0 Å². The maximum absolute atomic E-state index is 5.68. The third-order valence-corrected chi connectivity index (χ3v) is 4.05. The molecule has 0 amide bonds. The minimum Gasteiger partial charge on any atom is -0.330 e. The fraction of sp³-hybridized carbons (Fsp3) is 0.316. The van der Waals surface area contributed by atoms with Crippen LogP contribution in [0.15, 0.2) is 42.5 Å². The van der Waals surface area contributed by atoms with Crippen LogP contribution in [0.5, 0.6) is 0 Å². The number of imidazole rings is 1. The van der Waals surface area contributed by atoms with Gasteiger partial charge in [0.25, 0.3) is 0 Å². The van der Waals surface area contributed by atoms with Crippen molar-refractivity contribution in [2.45, 2.75) is 33.2 Å². The molecule has 22 heavy (non-hydrogen) atoms. The van der Waals surface area contributed by atoms with Gasteiger partial charge in [-0.05, 0) is 50.1 Å². The van der Waals surface area contributed by atoms with Crippen LogP contribution in [0.3, 0.4) is 0 Å². The van der Waals surface area contributed by atoms with E-state index in [0.29, 0.717) is 6.54 Å². The van der Waals surface area contributed by atoms with Gasteiger partial charge in [-0.15, -0.1) is 0 Å². The van der Waals surface area contributed by atoms with Crippen LogP contribution in [0, 0.1) is 13.8 Å². The Balaban J connectivity index is 2.02. The number of aryl methyl sites for hydroxylation is 3. The van der Waals surface area contributed by atoms with Crippen LogP contribution in [-0.4, -0.2) is 16.1 Å². The molecule has 2 aromatic carbocycles. The number of nitrogens with zero attached hydrogens (tertiary/aromatic N) is 2. The molecule has 0 aliphatic heterocycles. The maximum atomic E-state index is 5.68. The van der Waals surface area contributed by atoms with Crippen molar-refractivity contribution in [2.24, 2.45) is 5.73 Å². The molecule has 0 unspecified atom stereocenters. The summed E-state index contributed by atoms with van der Waals surface area (Å²) in [6.45, 7) is 5.79. The summed E-state index contributed by atoms with van der Waals surface area (Å²) in [5.41, 5.74) is 11.8. The number of hydrogen-bond acceptors (Lipinski definition) is 2. The highest BCUT2D eigenvalue weighted by Crippen LogP contribution is 2.20. The zero-order chi connectivity index (χ0) is 15.5. The number of aromatic nitrogens is 2. The van der Waals surface area contributed by atoms with E-state index in [0.717, 1.165) is 30.7 Å². The summed E-state index contributed by atoms with van der Waals surface area (Å²) in [4.78, 5) is 4.83. The van der Waals surface area contributed by atoms with Crippen LogP contribution in [0.25, 0.3) is 11.0 Å². The molecule has 0 aliphatic rings. The predicted molar refractivity (Wildman–Crippen MR) is 92.1 cm³/mol. The molecular weight excluding hydrogens is 270 g/mol. The highest BCUT2D eigenvalue weighted by atomic mass is 15.1. The van der Waals surface area contributed by atoms with E-state index in [-0.39, 0.29) is 0 Å². The zero-order valence-electron chi connectivity index (χ0n) is 13.3. The Morgan fingerprint density at radius 3 is 2.45 bits per heavy atom. The Morgan fingerprint density at radius 1 is 1.00 bits per heavy atom. The summed E-state index contributed by atoms with van der Waals surface area (Å²) in [6.07, 6.45) is 1.90. The molecule has 0 spiro atoms. The van der Waals surface area contributed by atoms with Crippen molar-refractivity contribution in [3.05, 3.63) is 65.0 Å². The first-order chi connectivity index (χ1) is 10.7. The maximum Gasteiger partial charge on any atom is 0.110 e. The van der Waals surface area contributed by atoms with Crippen LogP contribution in [0.1, 0.15) is 28.9 Å². The van der Waals surface area contributed by atoms with Gasteiger partial charge in [-0.1, -0.05) is 35.9 Å². The van der Waals surface area contributed by atoms with E-state index >= 15 is 0 Å². The van der Waals surface area contributed by atoms with Crippen LogP contribution in [-0.2, 0) is 13.0 Å². The highest BCUT2D eigenvalue weighted by Gasteiger charge is 2.11. The number of fused-ring (bicyclic) bond motifs is 1. The molecule has 0 saturated carbocycles. The van der Waals surface area contributed by atoms with E-state index < -0.39 is 0 Å². The minimum absolute atomic E-state index is 0.701. The first kappa shape index (κ1) is 14.8. The Kier molecular flexibility index (Phi) is 4.25. The van der Waals surface area contributed by atoms with Gasteiger partial charge in [-0.2, -0.15) is 0 Å². The molecule has 0 atom stereocenters. The second-order valence-electron chi connectivity index (χ2n) is 5.98. The lowest BCUT2D eigenvalue weighted by Gasteiger charge is -2.10. The van der Waals surface area contributed by atoms with Crippen LogP contribution in [0.2, 0.25) is 0 Å². The Labute approximate surface area is 131 Å². The van der Waals surface area contributed by atoms with Crippen molar-refractivity contribution in [2.75, 3.05) is 6.54 Å².